The molecule has 0 saturated heterocycles. The molecular formula is C13H12O4. The van der Waals surface area contributed by atoms with E-state index in [1.165, 1.54) is 18.6 Å². The van der Waals surface area contributed by atoms with Crippen molar-refractivity contribution in [2.45, 2.75) is 12.5 Å². The van der Waals surface area contributed by atoms with Crippen LogP contribution in [0, 0.1) is 0 Å². The molecule has 0 amide bonds. The first-order valence-electron chi connectivity index (χ1n) is 5.21. The van der Waals surface area contributed by atoms with E-state index in [1.807, 2.05) is 0 Å². The number of hydrogen-bond donors (Lipinski definition) is 1. The van der Waals surface area contributed by atoms with Crippen LogP contribution in [0.25, 0.3) is 6.08 Å². The molecule has 0 bridgehead atoms. The summed E-state index contributed by atoms with van der Waals surface area (Å²) in [5, 5.41) is 9.67. The zero-order valence-electron chi connectivity index (χ0n) is 9.08. The number of aliphatic hydroxyl groups excluding tert-OH is 1. The molecule has 88 valence electrons. The van der Waals surface area contributed by atoms with Gasteiger partial charge in [-0.3, -0.25) is 4.79 Å². The maximum atomic E-state index is 11.5. The average Bonchev–Trinajstić information content (AvgIpc) is 2.99. The van der Waals surface area contributed by atoms with Gasteiger partial charge >= 0.3 is 0 Å². The normalized spacial score (nSPS) is 13.0. The van der Waals surface area contributed by atoms with Crippen LogP contribution in [0.3, 0.4) is 0 Å². The standard InChI is InChI=1S/C13H12O4/c14-10(5-6-11-3-1-7-16-11)9-12(15)13-4-2-8-17-13/h1-8,12,15H,9H2. The van der Waals surface area contributed by atoms with Crippen LogP contribution in [0.4, 0.5) is 0 Å². The maximum absolute atomic E-state index is 11.5. The molecule has 1 atom stereocenters. The van der Waals surface area contributed by atoms with Crippen LogP contribution in [-0.4, -0.2) is 10.9 Å². The monoisotopic (exact) mass is 232 g/mol. The van der Waals surface area contributed by atoms with Crippen molar-refractivity contribution < 1.29 is 18.7 Å². The van der Waals surface area contributed by atoms with Gasteiger partial charge in [0.2, 0.25) is 0 Å². The SMILES string of the molecule is O=C(C=Cc1ccco1)CC(O)c1ccco1. The third-order valence-electron chi connectivity index (χ3n) is 2.24. The molecule has 0 aliphatic heterocycles. The van der Waals surface area contributed by atoms with E-state index in [9.17, 15) is 9.90 Å². The summed E-state index contributed by atoms with van der Waals surface area (Å²) in [6.45, 7) is 0. The summed E-state index contributed by atoms with van der Waals surface area (Å²) >= 11 is 0. The smallest absolute Gasteiger partial charge is 0.158 e. The average molecular weight is 232 g/mol. The van der Waals surface area contributed by atoms with E-state index >= 15 is 0 Å². The van der Waals surface area contributed by atoms with Crippen LogP contribution in [0.15, 0.2) is 51.7 Å². The van der Waals surface area contributed by atoms with Crippen LogP contribution in [0.5, 0.6) is 0 Å². The molecule has 2 aromatic rings. The zero-order valence-corrected chi connectivity index (χ0v) is 9.08. The van der Waals surface area contributed by atoms with Gasteiger partial charge in [-0.1, -0.05) is 0 Å². The van der Waals surface area contributed by atoms with Gasteiger partial charge in [0.25, 0.3) is 0 Å². The van der Waals surface area contributed by atoms with Crippen molar-refractivity contribution in [3.8, 4) is 0 Å². The van der Waals surface area contributed by atoms with Crippen molar-refractivity contribution >= 4 is 11.9 Å². The molecule has 0 fully saturated rings. The minimum atomic E-state index is -0.904. The van der Waals surface area contributed by atoms with Crippen molar-refractivity contribution in [1.82, 2.24) is 0 Å². The lowest BCUT2D eigenvalue weighted by molar-refractivity contribution is -0.116. The van der Waals surface area contributed by atoms with E-state index in [0.29, 0.717) is 11.5 Å². The highest BCUT2D eigenvalue weighted by Crippen LogP contribution is 2.17. The molecule has 0 aliphatic rings. The quantitative estimate of drug-likeness (QED) is 0.805. The first-order chi connectivity index (χ1) is 8.25. The highest BCUT2D eigenvalue weighted by Gasteiger charge is 2.13. The van der Waals surface area contributed by atoms with Crippen molar-refractivity contribution in [3.05, 3.63) is 54.4 Å². The Morgan fingerprint density at radius 3 is 2.71 bits per heavy atom. The number of allylic oxidation sites excluding steroid dienone is 1. The number of carbonyl (C=O) groups excluding carboxylic acids is 1. The fourth-order valence-electron chi connectivity index (χ4n) is 1.40. The lowest BCUT2D eigenvalue weighted by atomic mass is 10.1. The molecule has 0 radical (unpaired) electrons. The summed E-state index contributed by atoms with van der Waals surface area (Å²) in [7, 11) is 0. The van der Waals surface area contributed by atoms with Gasteiger partial charge in [-0.2, -0.15) is 0 Å². The zero-order chi connectivity index (χ0) is 12.1. The minimum absolute atomic E-state index is 0.00920. The Balaban J connectivity index is 1.89. The van der Waals surface area contributed by atoms with E-state index in [4.69, 9.17) is 8.83 Å². The minimum Gasteiger partial charge on any atom is -0.467 e. The number of ketones is 1. The summed E-state index contributed by atoms with van der Waals surface area (Å²) in [6, 6.07) is 6.78. The van der Waals surface area contributed by atoms with Crippen LogP contribution in [0.2, 0.25) is 0 Å². The van der Waals surface area contributed by atoms with Gasteiger partial charge in [-0.15, -0.1) is 0 Å². The van der Waals surface area contributed by atoms with Crippen molar-refractivity contribution in [1.29, 1.82) is 0 Å². The summed E-state index contributed by atoms with van der Waals surface area (Å²) < 4.78 is 10.0. The van der Waals surface area contributed by atoms with Crippen molar-refractivity contribution in [3.63, 3.8) is 0 Å². The van der Waals surface area contributed by atoms with E-state index in [0.717, 1.165) is 0 Å². The molecule has 0 spiro atoms. The third kappa shape index (κ3) is 3.19. The second-order valence-electron chi connectivity index (χ2n) is 3.55. The van der Waals surface area contributed by atoms with Gasteiger partial charge in [0.15, 0.2) is 5.78 Å². The van der Waals surface area contributed by atoms with E-state index in [1.54, 1.807) is 30.3 Å². The van der Waals surface area contributed by atoms with E-state index in [2.05, 4.69) is 0 Å². The third-order valence-corrected chi connectivity index (χ3v) is 2.24. The molecule has 0 saturated carbocycles. The first-order valence-corrected chi connectivity index (χ1v) is 5.21. The van der Waals surface area contributed by atoms with Crippen LogP contribution >= 0.6 is 0 Å². The molecule has 2 heterocycles. The van der Waals surface area contributed by atoms with Gasteiger partial charge in [0.05, 0.1) is 12.5 Å². The first kappa shape index (κ1) is 11.4. The second kappa shape index (κ2) is 5.32. The number of aliphatic hydroxyl groups is 1. The van der Waals surface area contributed by atoms with Crippen LogP contribution in [0.1, 0.15) is 24.0 Å². The molecule has 4 nitrogen and oxygen atoms in total. The van der Waals surface area contributed by atoms with Crippen molar-refractivity contribution in [2.24, 2.45) is 0 Å². The lowest BCUT2D eigenvalue weighted by Gasteiger charge is -2.03. The van der Waals surface area contributed by atoms with Gasteiger partial charge in [-0.05, 0) is 36.4 Å². The topological polar surface area (TPSA) is 63.6 Å². The lowest BCUT2D eigenvalue weighted by Crippen LogP contribution is -2.03. The van der Waals surface area contributed by atoms with Crippen LogP contribution < -0.4 is 0 Å². The Hall–Kier alpha value is -2.07. The highest BCUT2D eigenvalue weighted by atomic mass is 16.4. The number of rotatable bonds is 5. The van der Waals surface area contributed by atoms with Gasteiger partial charge < -0.3 is 13.9 Å². The molecule has 2 rings (SSSR count). The Morgan fingerprint density at radius 1 is 1.29 bits per heavy atom. The Bertz CT molecular complexity index is 479. The summed E-state index contributed by atoms with van der Waals surface area (Å²) in [5.41, 5.74) is 0. The van der Waals surface area contributed by atoms with Gasteiger partial charge in [0.1, 0.15) is 17.6 Å². The maximum Gasteiger partial charge on any atom is 0.158 e. The van der Waals surface area contributed by atoms with Gasteiger partial charge in [0, 0.05) is 6.42 Å². The molecule has 0 aromatic carbocycles. The molecule has 0 aliphatic carbocycles. The number of furan rings is 2. The Kier molecular flexibility index (Phi) is 3.57. The number of carbonyl (C=O) groups is 1. The number of hydrogen-bond acceptors (Lipinski definition) is 4. The molecule has 17 heavy (non-hydrogen) atoms. The molecule has 1 N–H and O–H groups in total. The predicted molar refractivity (Wildman–Crippen MR) is 61.0 cm³/mol. The second-order valence-corrected chi connectivity index (χ2v) is 3.55. The molecule has 1 unspecified atom stereocenters. The summed E-state index contributed by atoms with van der Waals surface area (Å²) in [5.74, 6) is 0.806. The highest BCUT2D eigenvalue weighted by molar-refractivity contribution is 5.93. The molecular weight excluding hydrogens is 220 g/mol. The molecule has 2 aromatic heterocycles. The fraction of sp³-hybridized carbons (Fsp3) is 0.154. The van der Waals surface area contributed by atoms with Gasteiger partial charge in [-0.25, -0.2) is 0 Å². The van der Waals surface area contributed by atoms with Crippen LogP contribution in [-0.2, 0) is 4.79 Å². The molecule has 4 heteroatoms. The summed E-state index contributed by atoms with van der Waals surface area (Å²) in [6.07, 6.45) is 5.02. The fourth-order valence-corrected chi connectivity index (χ4v) is 1.40. The predicted octanol–water partition coefficient (Wildman–Crippen LogP) is 2.58. The largest absolute Gasteiger partial charge is 0.467 e. The summed E-state index contributed by atoms with van der Waals surface area (Å²) in [4.78, 5) is 11.5. The van der Waals surface area contributed by atoms with E-state index in [-0.39, 0.29) is 12.2 Å². The van der Waals surface area contributed by atoms with E-state index < -0.39 is 6.10 Å². The van der Waals surface area contributed by atoms with Crippen molar-refractivity contribution in [2.75, 3.05) is 0 Å². The Labute approximate surface area is 98.2 Å². The Morgan fingerprint density at radius 2 is 2.06 bits per heavy atom.